The molecule has 0 aliphatic rings. The van der Waals surface area contributed by atoms with Crippen molar-refractivity contribution < 1.29 is 9.21 Å². The van der Waals surface area contributed by atoms with Crippen molar-refractivity contribution in [3.63, 3.8) is 0 Å². The van der Waals surface area contributed by atoms with Crippen LogP contribution >= 0.6 is 0 Å². The average Bonchev–Trinajstić information content (AvgIpc) is 2.88. The first-order chi connectivity index (χ1) is 7.77. The summed E-state index contributed by atoms with van der Waals surface area (Å²) in [4.78, 5) is 15.4. The minimum atomic E-state index is -0.206. The zero-order valence-electron chi connectivity index (χ0n) is 8.88. The average molecular weight is 220 g/mol. The molecular weight excluding hydrogens is 208 g/mol. The number of carbonyl (C=O) groups excluding carboxylic acids is 1. The molecule has 0 atom stereocenters. The molecular formula is C10H12N4O2. The van der Waals surface area contributed by atoms with Gasteiger partial charge in [0, 0.05) is 12.1 Å². The van der Waals surface area contributed by atoms with Gasteiger partial charge < -0.3 is 9.73 Å². The van der Waals surface area contributed by atoms with Gasteiger partial charge in [0.2, 0.25) is 0 Å². The van der Waals surface area contributed by atoms with Crippen molar-refractivity contribution in [3.05, 3.63) is 36.3 Å². The van der Waals surface area contributed by atoms with Crippen LogP contribution in [0.5, 0.6) is 0 Å². The van der Waals surface area contributed by atoms with E-state index >= 15 is 0 Å². The third-order valence-electron chi connectivity index (χ3n) is 2.16. The molecule has 1 N–H and O–H groups in total. The molecule has 84 valence electrons. The summed E-state index contributed by atoms with van der Waals surface area (Å²) in [6.45, 7) is 2.91. The van der Waals surface area contributed by atoms with Crippen LogP contribution in [0.15, 0.2) is 29.4 Å². The van der Waals surface area contributed by atoms with Crippen LogP contribution in [0, 0.1) is 6.92 Å². The molecule has 0 aliphatic heterocycles. The maximum atomic E-state index is 11.6. The van der Waals surface area contributed by atoms with Gasteiger partial charge in [-0.25, -0.2) is 4.98 Å². The van der Waals surface area contributed by atoms with Crippen LogP contribution in [-0.2, 0) is 6.54 Å². The van der Waals surface area contributed by atoms with Gasteiger partial charge in [0.25, 0.3) is 5.91 Å². The first kappa shape index (κ1) is 10.4. The van der Waals surface area contributed by atoms with Crippen LogP contribution in [-0.4, -0.2) is 27.2 Å². The number of carbonyl (C=O) groups is 1. The highest BCUT2D eigenvalue weighted by atomic mass is 16.3. The summed E-state index contributed by atoms with van der Waals surface area (Å²) in [5.74, 6) is 0.154. The van der Waals surface area contributed by atoms with Crippen molar-refractivity contribution in [1.29, 1.82) is 0 Å². The summed E-state index contributed by atoms with van der Waals surface area (Å²) in [5.41, 5.74) is 0.832. The van der Waals surface area contributed by atoms with Crippen LogP contribution in [0.4, 0.5) is 0 Å². The summed E-state index contributed by atoms with van der Waals surface area (Å²) < 4.78 is 6.72. The Labute approximate surface area is 92.3 Å². The monoisotopic (exact) mass is 220 g/mol. The Morgan fingerprint density at radius 1 is 1.62 bits per heavy atom. The highest BCUT2D eigenvalue weighted by Crippen LogP contribution is 2.07. The molecule has 0 bridgehead atoms. The second kappa shape index (κ2) is 4.61. The highest BCUT2D eigenvalue weighted by molar-refractivity contribution is 5.92. The van der Waals surface area contributed by atoms with Gasteiger partial charge in [-0.2, -0.15) is 5.10 Å². The molecule has 0 fully saturated rings. The molecule has 0 aromatic carbocycles. The van der Waals surface area contributed by atoms with Crippen molar-refractivity contribution in [2.24, 2.45) is 0 Å². The van der Waals surface area contributed by atoms with E-state index in [2.05, 4.69) is 15.4 Å². The van der Waals surface area contributed by atoms with Gasteiger partial charge >= 0.3 is 0 Å². The van der Waals surface area contributed by atoms with Crippen molar-refractivity contribution in [2.45, 2.75) is 13.5 Å². The van der Waals surface area contributed by atoms with Crippen LogP contribution in [0.1, 0.15) is 16.1 Å². The Balaban J connectivity index is 1.83. The Kier molecular flexibility index (Phi) is 3.00. The maximum absolute atomic E-state index is 11.6. The molecule has 0 saturated heterocycles. The number of hydrogen-bond donors (Lipinski definition) is 1. The van der Waals surface area contributed by atoms with Gasteiger partial charge in [-0.1, -0.05) is 0 Å². The SMILES string of the molecule is Cc1ccoc1C(=O)NCCn1cncn1. The van der Waals surface area contributed by atoms with Crippen molar-refractivity contribution in [1.82, 2.24) is 20.1 Å². The Morgan fingerprint density at radius 2 is 2.50 bits per heavy atom. The van der Waals surface area contributed by atoms with E-state index in [9.17, 15) is 4.79 Å². The fourth-order valence-electron chi connectivity index (χ4n) is 1.32. The van der Waals surface area contributed by atoms with E-state index in [-0.39, 0.29) is 5.91 Å². The molecule has 1 amide bonds. The molecule has 0 spiro atoms. The molecule has 6 nitrogen and oxygen atoms in total. The Morgan fingerprint density at radius 3 is 3.12 bits per heavy atom. The van der Waals surface area contributed by atoms with Crippen LogP contribution < -0.4 is 5.32 Å². The lowest BCUT2D eigenvalue weighted by Gasteiger charge is -2.03. The van der Waals surface area contributed by atoms with Gasteiger partial charge in [0.1, 0.15) is 12.7 Å². The van der Waals surface area contributed by atoms with E-state index in [4.69, 9.17) is 4.42 Å². The molecule has 16 heavy (non-hydrogen) atoms. The zero-order chi connectivity index (χ0) is 11.4. The fraction of sp³-hybridized carbons (Fsp3) is 0.300. The van der Waals surface area contributed by atoms with E-state index in [1.165, 1.54) is 12.6 Å². The van der Waals surface area contributed by atoms with Gasteiger partial charge in [-0.15, -0.1) is 0 Å². The second-order valence-corrected chi connectivity index (χ2v) is 3.35. The predicted molar refractivity (Wildman–Crippen MR) is 55.8 cm³/mol. The van der Waals surface area contributed by atoms with Crippen molar-refractivity contribution >= 4 is 5.91 Å². The Hall–Kier alpha value is -2.11. The first-order valence-electron chi connectivity index (χ1n) is 4.92. The maximum Gasteiger partial charge on any atom is 0.287 e. The number of rotatable bonds is 4. The standard InChI is InChI=1S/C10H12N4O2/c1-8-2-5-16-9(8)10(15)12-3-4-14-7-11-6-13-14/h2,5-7H,3-4H2,1H3,(H,12,15). The molecule has 2 heterocycles. The largest absolute Gasteiger partial charge is 0.459 e. The van der Waals surface area contributed by atoms with Crippen molar-refractivity contribution in [2.75, 3.05) is 6.54 Å². The summed E-state index contributed by atoms with van der Waals surface area (Å²) in [7, 11) is 0. The van der Waals surface area contributed by atoms with Crippen LogP contribution in [0.3, 0.4) is 0 Å². The number of aryl methyl sites for hydroxylation is 1. The van der Waals surface area contributed by atoms with Gasteiger partial charge in [-0.05, 0) is 13.0 Å². The molecule has 2 rings (SSSR count). The normalized spacial score (nSPS) is 10.3. The lowest BCUT2D eigenvalue weighted by atomic mass is 10.3. The smallest absolute Gasteiger partial charge is 0.287 e. The molecule has 2 aromatic heterocycles. The number of nitrogens with zero attached hydrogens (tertiary/aromatic N) is 3. The Bertz CT molecular complexity index is 461. The first-order valence-corrected chi connectivity index (χ1v) is 4.92. The highest BCUT2D eigenvalue weighted by Gasteiger charge is 2.11. The lowest BCUT2D eigenvalue weighted by Crippen LogP contribution is -2.27. The minimum Gasteiger partial charge on any atom is -0.459 e. The lowest BCUT2D eigenvalue weighted by molar-refractivity contribution is 0.0923. The van der Waals surface area contributed by atoms with Gasteiger partial charge in [0.05, 0.1) is 12.8 Å². The molecule has 0 radical (unpaired) electrons. The number of aromatic nitrogens is 3. The van der Waals surface area contributed by atoms with Crippen LogP contribution in [0.2, 0.25) is 0 Å². The number of amides is 1. The number of hydrogen-bond acceptors (Lipinski definition) is 4. The summed E-state index contributed by atoms with van der Waals surface area (Å²) in [5, 5.41) is 6.67. The molecule has 0 saturated carbocycles. The number of furan rings is 1. The van der Waals surface area contributed by atoms with Crippen LogP contribution in [0.25, 0.3) is 0 Å². The summed E-state index contributed by atoms with van der Waals surface area (Å²) in [6, 6.07) is 1.76. The predicted octanol–water partition coefficient (Wildman–Crippen LogP) is 0.610. The summed E-state index contributed by atoms with van der Waals surface area (Å²) >= 11 is 0. The van der Waals surface area contributed by atoms with E-state index < -0.39 is 0 Å². The molecule has 0 unspecified atom stereocenters. The van der Waals surface area contributed by atoms with E-state index in [1.807, 2.05) is 6.92 Å². The minimum absolute atomic E-state index is 0.206. The van der Waals surface area contributed by atoms with Crippen molar-refractivity contribution in [3.8, 4) is 0 Å². The molecule has 2 aromatic rings. The van der Waals surface area contributed by atoms with Gasteiger partial charge in [-0.3, -0.25) is 9.48 Å². The molecule has 0 aliphatic carbocycles. The van der Waals surface area contributed by atoms with Gasteiger partial charge in [0.15, 0.2) is 5.76 Å². The third kappa shape index (κ3) is 2.28. The quantitative estimate of drug-likeness (QED) is 0.819. The summed E-state index contributed by atoms with van der Waals surface area (Å²) in [6.07, 6.45) is 4.56. The third-order valence-corrected chi connectivity index (χ3v) is 2.16. The van der Waals surface area contributed by atoms with E-state index in [1.54, 1.807) is 17.1 Å². The fourth-order valence-corrected chi connectivity index (χ4v) is 1.32. The van der Waals surface area contributed by atoms with E-state index in [0.29, 0.717) is 18.8 Å². The van der Waals surface area contributed by atoms with E-state index in [0.717, 1.165) is 5.56 Å². The molecule has 6 heteroatoms. The zero-order valence-corrected chi connectivity index (χ0v) is 8.88. The number of nitrogens with one attached hydrogen (secondary N) is 1. The topological polar surface area (TPSA) is 73.0 Å². The second-order valence-electron chi connectivity index (χ2n) is 3.35.